The Morgan fingerprint density at radius 1 is 1.22 bits per heavy atom. The normalized spacial score (nSPS) is 14.1. The summed E-state index contributed by atoms with van der Waals surface area (Å²) in [7, 11) is -1.50. The zero-order chi connectivity index (χ0) is 14.0. The van der Waals surface area contributed by atoms with Crippen LogP contribution in [-0.2, 0) is 14.8 Å². The maximum absolute atomic E-state index is 12.2. The highest BCUT2D eigenvalue weighted by molar-refractivity contribution is 7.89. The summed E-state index contributed by atoms with van der Waals surface area (Å²) in [4.78, 5) is 0. The molecule has 0 radical (unpaired) electrons. The van der Waals surface area contributed by atoms with Gasteiger partial charge in [-0.05, 0) is 18.8 Å². The summed E-state index contributed by atoms with van der Waals surface area (Å²) in [6.07, 6.45) is 3.65. The highest BCUT2D eigenvalue weighted by Crippen LogP contribution is 2.11. The second-order valence-corrected chi connectivity index (χ2v) is 6.95. The average molecular weight is 279 g/mol. The van der Waals surface area contributed by atoms with Gasteiger partial charge in [0.15, 0.2) is 0 Å². The van der Waals surface area contributed by atoms with E-state index in [2.05, 4.69) is 13.8 Å². The zero-order valence-corrected chi connectivity index (χ0v) is 13.1. The fraction of sp³-hybridized carbons (Fsp3) is 1.00. The minimum absolute atomic E-state index is 0.258. The predicted octanol–water partition coefficient (Wildman–Crippen LogP) is 2.50. The Bertz CT molecular complexity index is 291. The molecule has 0 aromatic heterocycles. The third-order valence-corrected chi connectivity index (χ3v) is 5.22. The summed E-state index contributed by atoms with van der Waals surface area (Å²) < 4.78 is 30.9. The van der Waals surface area contributed by atoms with Gasteiger partial charge in [0.05, 0.1) is 12.4 Å². The molecule has 1 atom stereocenters. The fourth-order valence-electron chi connectivity index (χ4n) is 1.61. The van der Waals surface area contributed by atoms with Crippen LogP contribution in [0.3, 0.4) is 0 Å². The quantitative estimate of drug-likeness (QED) is 0.584. The lowest BCUT2D eigenvalue weighted by Crippen LogP contribution is -2.37. The van der Waals surface area contributed by atoms with Gasteiger partial charge in [-0.2, -0.15) is 4.31 Å². The van der Waals surface area contributed by atoms with Crippen LogP contribution in [0.25, 0.3) is 0 Å². The molecule has 5 heteroatoms. The first-order valence-electron chi connectivity index (χ1n) is 6.94. The largest absolute Gasteiger partial charge is 0.383 e. The van der Waals surface area contributed by atoms with Crippen LogP contribution >= 0.6 is 0 Å². The predicted molar refractivity (Wildman–Crippen MR) is 76.2 cm³/mol. The number of methoxy groups -OCH3 is 1. The molecular weight excluding hydrogens is 250 g/mol. The first-order valence-corrected chi connectivity index (χ1v) is 8.55. The molecule has 110 valence electrons. The standard InChI is InChI=1S/C13H29NO3S/c1-5-7-12-18(15,16)14(10-11-17-4)9-8-13(3)6-2/h13H,5-12H2,1-4H3. The lowest BCUT2D eigenvalue weighted by molar-refractivity contribution is 0.177. The van der Waals surface area contributed by atoms with Crippen LogP contribution in [0.5, 0.6) is 0 Å². The molecule has 0 fully saturated rings. The number of hydrogen-bond donors (Lipinski definition) is 0. The van der Waals surface area contributed by atoms with Gasteiger partial charge in [0.2, 0.25) is 10.0 Å². The highest BCUT2D eigenvalue weighted by atomic mass is 32.2. The maximum Gasteiger partial charge on any atom is 0.214 e. The van der Waals surface area contributed by atoms with Gasteiger partial charge in [-0.1, -0.05) is 33.6 Å². The van der Waals surface area contributed by atoms with Crippen molar-refractivity contribution >= 4 is 10.0 Å². The van der Waals surface area contributed by atoms with Crippen LogP contribution in [0.1, 0.15) is 46.5 Å². The van der Waals surface area contributed by atoms with Crippen molar-refractivity contribution in [2.45, 2.75) is 46.5 Å². The number of sulfonamides is 1. The van der Waals surface area contributed by atoms with Gasteiger partial charge in [-0.15, -0.1) is 0 Å². The maximum atomic E-state index is 12.2. The Labute approximate surface area is 113 Å². The Morgan fingerprint density at radius 2 is 1.89 bits per heavy atom. The van der Waals surface area contributed by atoms with Crippen LogP contribution in [0.4, 0.5) is 0 Å². The average Bonchev–Trinajstić information content (AvgIpc) is 2.35. The van der Waals surface area contributed by atoms with Crippen LogP contribution in [0, 0.1) is 5.92 Å². The Kier molecular flexibility index (Phi) is 9.68. The molecule has 0 amide bonds. The second kappa shape index (κ2) is 9.75. The summed E-state index contributed by atoms with van der Waals surface area (Å²) in [5.41, 5.74) is 0. The number of hydrogen-bond acceptors (Lipinski definition) is 3. The topological polar surface area (TPSA) is 46.6 Å². The molecule has 1 unspecified atom stereocenters. The third kappa shape index (κ3) is 7.34. The van der Waals surface area contributed by atoms with Crippen molar-refractivity contribution < 1.29 is 13.2 Å². The van der Waals surface area contributed by atoms with Crippen molar-refractivity contribution in [3.63, 3.8) is 0 Å². The Morgan fingerprint density at radius 3 is 2.39 bits per heavy atom. The fourth-order valence-corrected chi connectivity index (χ4v) is 3.26. The molecule has 0 bridgehead atoms. The molecule has 0 aromatic carbocycles. The summed E-state index contributed by atoms with van der Waals surface area (Å²) >= 11 is 0. The first-order chi connectivity index (χ1) is 8.47. The van der Waals surface area contributed by atoms with Crippen molar-refractivity contribution in [2.75, 3.05) is 32.6 Å². The molecule has 0 saturated heterocycles. The third-order valence-electron chi connectivity index (χ3n) is 3.26. The van der Waals surface area contributed by atoms with E-state index in [9.17, 15) is 8.42 Å². The minimum atomic E-state index is -3.11. The molecule has 0 spiro atoms. The van der Waals surface area contributed by atoms with E-state index in [1.54, 1.807) is 11.4 Å². The molecule has 4 nitrogen and oxygen atoms in total. The molecule has 18 heavy (non-hydrogen) atoms. The molecule has 0 aliphatic heterocycles. The molecule has 0 rings (SSSR count). The highest BCUT2D eigenvalue weighted by Gasteiger charge is 2.21. The molecule has 0 saturated carbocycles. The van der Waals surface area contributed by atoms with E-state index in [4.69, 9.17) is 4.74 Å². The monoisotopic (exact) mass is 279 g/mol. The van der Waals surface area contributed by atoms with Gasteiger partial charge < -0.3 is 4.74 Å². The molecular formula is C13H29NO3S. The van der Waals surface area contributed by atoms with Crippen molar-refractivity contribution in [2.24, 2.45) is 5.92 Å². The van der Waals surface area contributed by atoms with E-state index >= 15 is 0 Å². The summed E-state index contributed by atoms with van der Waals surface area (Å²) in [5, 5.41) is 0. The van der Waals surface area contributed by atoms with Crippen LogP contribution < -0.4 is 0 Å². The van der Waals surface area contributed by atoms with Crippen molar-refractivity contribution in [3.05, 3.63) is 0 Å². The van der Waals surface area contributed by atoms with Crippen molar-refractivity contribution in [1.29, 1.82) is 0 Å². The molecule has 0 heterocycles. The van der Waals surface area contributed by atoms with Gasteiger partial charge in [-0.25, -0.2) is 8.42 Å². The first kappa shape index (κ1) is 17.9. The van der Waals surface area contributed by atoms with Gasteiger partial charge in [0.25, 0.3) is 0 Å². The van der Waals surface area contributed by atoms with Crippen LogP contribution in [0.15, 0.2) is 0 Å². The molecule has 0 aliphatic rings. The van der Waals surface area contributed by atoms with E-state index in [1.165, 1.54) is 0 Å². The van der Waals surface area contributed by atoms with Gasteiger partial charge in [0, 0.05) is 20.2 Å². The Balaban J connectivity index is 4.45. The van der Waals surface area contributed by atoms with E-state index in [0.717, 1.165) is 25.7 Å². The second-order valence-electron chi connectivity index (χ2n) is 4.86. The van der Waals surface area contributed by atoms with Crippen molar-refractivity contribution in [3.8, 4) is 0 Å². The van der Waals surface area contributed by atoms with E-state index in [1.807, 2.05) is 6.92 Å². The number of unbranched alkanes of at least 4 members (excludes halogenated alkanes) is 1. The van der Waals surface area contributed by atoms with Gasteiger partial charge in [-0.3, -0.25) is 0 Å². The Hall–Kier alpha value is -0.130. The number of nitrogens with zero attached hydrogens (tertiary/aromatic N) is 1. The van der Waals surface area contributed by atoms with Crippen molar-refractivity contribution in [1.82, 2.24) is 4.31 Å². The zero-order valence-electron chi connectivity index (χ0n) is 12.3. The minimum Gasteiger partial charge on any atom is -0.383 e. The number of rotatable bonds is 11. The van der Waals surface area contributed by atoms with E-state index < -0.39 is 10.0 Å². The number of ether oxygens (including phenoxy) is 1. The van der Waals surface area contributed by atoms with Gasteiger partial charge >= 0.3 is 0 Å². The smallest absolute Gasteiger partial charge is 0.214 e. The SMILES string of the molecule is CCCCS(=O)(=O)N(CCOC)CCC(C)CC. The van der Waals surface area contributed by atoms with E-state index in [0.29, 0.717) is 25.6 Å². The lowest BCUT2D eigenvalue weighted by atomic mass is 10.1. The van der Waals surface area contributed by atoms with Crippen LogP contribution in [-0.4, -0.2) is 45.3 Å². The molecule has 0 aliphatic carbocycles. The molecule has 0 N–H and O–H groups in total. The summed E-state index contributed by atoms with van der Waals surface area (Å²) in [6, 6.07) is 0. The van der Waals surface area contributed by atoms with Gasteiger partial charge in [0.1, 0.15) is 0 Å². The molecule has 0 aromatic rings. The lowest BCUT2D eigenvalue weighted by Gasteiger charge is -2.23. The van der Waals surface area contributed by atoms with Crippen LogP contribution in [0.2, 0.25) is 0 Å². The summed E-state index contributed by atoms with van der Waals surface area (Å²) in [6.45, 7) is 7.85. The summed E-state index contributed by atoms with van der Waals surface area (Å²) in [5.74, 6) is 0.824. The van der Waals surface area contributed by atoms with E-state index in [-0.39, 0.29) is 5.75 Å².